The first kappa shape index (κ1) is 16.8. The fraction of sp³-hybridized carbons (Fsp3) is 0.625. The molecule has 4 nitrogen and oxygen atoms in total. The number of ether oxygens (including phenoxy) is 2. The molecule has 2 N–H and O–H groups in total. The van der Waals surface area contributed by atoms with Gasteiger partial charge in [0, 0.05) is 24.2 Å². The number of aliphatic hydroxyl groups is 1. The van der Waals surface area contributed by atoms with Gasteiger partial charge in [-0.05, 0) is 19.4 Å². The van der Waals surface area contributed by atoms with Crippen molar-refractivity contribution in [2.75, 3.05) is 13.2 Å². The molecule has 0 aromatic heterocycles. The van der Waals surface area contributed by atoms with Gasteiger partial charge in [-0.2, -0.15) is 0 Å². The first-order valence-corrected chi connectivity index (χ1v) is 7.33. The molecule has 0 saturated heterocycles. The van der Waals surface area contributed by atoms with Crippen molar-refractivity contribution in [2.24, 2.45) is 0 Å². The maximum Gasteiger partial charge on any atom is 0.127 e. The molecular weight excluding hydrogens is 254 g/mol. The Bertz CT molecular complexity index is 391. The first-order chi connectivity index (χ1) is 9.52. The van der Waals surface area contributed by atoms with Gasteiger partial charge < -0.3 is 19.9 Å². The summed E-state index contributed by atoms with van der Waals surface area (Å²) in [5.41, 5.74) is 1.07. The summed E-state index contributed by atoms with van der Waals surface area (Å²) in [6, 6.07) is 6.28. The van der Waals surface area contributed by atoms with E-state index in [0.29, 0.717) is 12.6 Å². The summed E-state index contributed by atoms with van der Waals surface area (Å²) >= 11 is 0. The lowest BCUT2D eigenvalue weighted by Crippen LogP contribution is -2.22. The van der Waals surface area contributed by atoms with Crippen LogP contribution in [-0.4, -0.2) is 30.5 Å². The third-order valence-corrected chi connectivity index (χ3v) is 2.69. The molecule has 114 valence electrons. The van der Waals surface area contributed by atoms with E-state index in [1.54, 1.807) is 6.92 Å². The Morgan fingerprint density at radius 3 is 2.55 bits per heavy atom. The monoisotopic (exact) mass is 281 g/mol. The van der Waals surface area contributed by atoms with Crippen LogP contribution in [0.15, 0.2) is 18.2 Å². The van der Waals surface area contributed by atoms with Crippen LogP contribution in [0.1, 0.15) is 39.7 Å². The lowest BCUT2D eigenvalue weighted by Gasteiger charge is -2.16. The highest BCUT2D eigenvalue weighted by molar-refractivity contribution is 5.40. The predicted molar refractivity (Wildman–Crippen MR) is 81.4 cm³/mol. The zero-order chi connectivity index (χ0) is 15.0. The highest BCUT2D eigenvalue weighted by atomic mass is 16.5. The number of benzene rings is 1. The van der Waals surface area contributed by atoms with Gasteiger partial charge in [-0.15, -0.1) is 0 Å². The average Bonchev–Trinajstić information content (AvgIpc) is 2.41. The van der Waals surface area contributed by atoms with Crippen molar-refractivity contribution < 1.29 is 14.6 Å². The molecular formula is C16H27NO3. The highest BCUT2D eigenvalue weighted by Gasteiger charge is 2.08. The quantitative estimate of drug-likeness (QED) is 0.731. The predicted octanol–water partition coefficient (Wildman–Crippen LogP) is 2.73. The molecule has 0 aliphatic rings. The molecule has 20 heavy (non-hydrogen) atoms. The van der Waals surface area contributed by atoms with E-state index < -0.39 is 6.10 Å². The third kappa shape index (κ3) is 6.26. The fourth-order valence-corrected chi connectivity index (χ4v) is 1.65. The van der Waals surface area contributed by atoms with E-state index in [0.717, 1.165) is 30.0 Å². The topological polar surface area (TPSA) is 50.7 Å². The third-order valence-electron chi connectivity index (χ3n) is 2.69. The van der Waals surface area contributed by atoms with Crippen LogP contribution in [0.4, 0.5) is 0 Å². The summed E-state index contributed by atoms with van der Waals surface area (Å²) in [6.45, 7) is 9.71. The number of hydrogen-bond donors (Lipinski definition) is 2. The molecule has 0 spiro atoms. The van der Waals surface area contributed by atoms with Crippen LogP contribution < -0.4 is 14.8 Å². The van der Waals surface area contributed by atoms with Gasteiger partial charge in [-0.25, -0.2) is 0 Å². The van der Waals surface area contributed by atoms with E-state index in [9.17, 15) is 5.11 Å². The lowest BCUT2D eigenvalue weighted by molar-refractivity contribution is 0.122. The van der Waals surface area contributed by atoms with Crippen LogP contribution in [0.25, 0.3) is 0 Å². The maximum atomic E-state index is 9.36. The Morgan fingerprint density at radius 1 is 1.20 bits per heavy atom. The van der Waals surface area contributed by atoms with Crippen LogP contribution >= 0.6 is 0 Å². The zero-order valence-electron chi connectivity index (χ0n) is 13.0. The molecule has 0 aliphatic heterocycles. The normalized spacial score (nSPS) is 12.5. The van der Waals surface area contributed by atoms with Crippen molar-refractivity contribution in [2.45, 2.75) is 52.8 Å². The van der Waals surface area contributed by atoms with Crippen molar-refractivity contribution in [3.63, 3.8) is 0 Å². The van der Waals surface area contributed by atoms with Crippen molar-refractivity contribution in [3.8, 4) is 11.5 Å². The Morgan fingerprint density at radius 2 is 1.95 bits per heavy atom. The summed E-state index contributed by atoms with van der Waals surface area (Å²) < 4.78 is 11.3. The molecule has 0 amide bonds. The Labute approximate surface area is 122 Å². The van der Waals surface area contributed by atoms with Gasteiger partial charge in [0.2, 0.25) is 0 Å². The number of rotatable bonds is 9. The van der Waals surface area contributed by atoms with E-state index in [4.69, 9.17) is 9.47 Å². The van der Waals surface area contributed by atoms with Gasteiger partial charge in [0.05, 0.1) is 12.7 Å². The second-order valence-corrected chi connectivity index (χ2v) is 5.31. The molecule has 1 unspecified atom stereocenters. The van der Waals surface area contributed by atoms with E-state index in [-0.39, 0.29) is 6.61 Å². The fourth-order valence-electron chi connectivity index (χ4n) is 1.65. The minimum absolute atomic E-state index is 0.284. The smallest absolute Gasteiger partial charge is 0.127 e. The summed E-state index contributed by atoms with van der Waals surface area (Å²) in [5, 5.41) is 12.7. The second kappa shape index (κ2) is 8.82. The number of aliphatic hydroxyl groups excluding tert-OH is 1. The van der Waals surface area contributed by atoms with Crippen LogP contribution in [0, 0.1) is 0 Å². The molecule has 1 atom stereocenters. The van der Waals surface area contributed by atoms with Crippen LogP contribution in [0.2, 0.25) is 0 Å². The van der Waals surface area contributed by atoms with Gasteiger partial charge in [0.1, 0.15) is 18.1 Å². The highest BCUT2D eigenvalue weighted by Crippen LogP contribution is 2.25. The molecule has 0 fully saturated rings. The minimum Gasteiger partial charge on any atom is -0.493 e. The van der Waals surface area contributed by atoms with Gasteiger partial charge in [0.25, 0.3) is 0 Å². The molecule has 0 heterocycles. The minimum atomic E-state index is -0.485. The van der Waals surface area contributed by atoms with E-state index in [2.05, 4.69) is 26.1 Å². The lowest BCUT2D eigenvalue weighted by atomic mass is 10.1. The van der Waals surface area contributed by atoms with Crippen LogP contribution in [-0.2, 0) is 6.54 Å². The van der Waals surface area contributed by atoms with E-state index in [1.807, 2.05) is 18.2 Å². The molecule has 1 rings (SSSR count). The average molecular weight is 281 g/mol. The van der Waals surface area contributed by atoms with Crippen molar-refractivity contribution in [1.82, 2.24) is 5.32 Å². The molecule has 0 radical (unpaired) electrons. The van der Waals surface area contributed by atoms with Crippen molar-refractivity contribution in [3.05, 3.63) is 23.8 Å². The van der Waals surface area contributed by atoms with Crippen LogP contribution in [0.5, 0.6) is 11.5 Å². The molecule has 0 saturated carbocycles. The summed E-state index contributed by atoms with van der Waals surface area (Å²) in [6.07, 6.45) is 0.488. The SMILES string of the molecule is CCCOc1ccc(CNC(C)C)c(OCC(C)O)c1. The van der Waals surface area contributed by atoms with Gasteiger partial charge in [0.15, 0.2) is 0 Å². The summed E-state index contributed by atoms with van der Waals surface area (Å²) in [4.78, 5) is 0. The van der Waals surface area contributed by atoms with Gasteiger partial charge in [-0.3, -0.25) is 0 Å². The van der Waals surface area contributed by atoms with Gasteiger partial charge in [-0.1, -0.05) is 26.8 Å². The molecule has 4 heteroatoms. The number of hydrogen-bond acceptors (Lipinski definition) is 4. The standard InChI is InChI=1S/C16H27NO3/c1-5-8-19-15-7-6-14(10-17-12(2)3)16(9-15)20-11-13(4)18/h6-7,9,12-13,17-18H,5,8,10-11H2,1-4H3. The van der Waals surface area contributed by atoms with Crippen molar-refractivity contribution >= 4 is 0 Å². The Hall–Kier alpha value is -1.26. The first-order valence-electron chi connectivity index (χ1n) is 7.33. The zero-order valence-corrected chi connectivity index (χ0v) is 13.0. The maximum absolute atomic E-state index is 9.36. The largest absolute Gasteiger partial charge is 0.493 e. The second-order valence-electron chi connectivity index (χ2n) is 5.31. The Balaban J connectivity index is 2.79. The van der Waals surface area contributed by atoms with Crippen LogP contribution in [0.3, 0.4) is 0 Å². The molecule has 1 aromatic rings. The summed E-state index contributed by atoms with van der Waals surface area (Å²) in [5.74, 6) is 1.58. The number of nitrogens with one attached hydrogen (secondary N) is 1. The summed E-state index contributed by atoms with van der Waals surface area (Å²) in [7, 11) is 0. The molecule has 0 aliphatic carbocycles. The molecule has 1 aromatic carbocycles. The van der Waals surface area contributed by atoms with Crippen molar-refractivity contribution in [1.29, 1.82) is 0 Å². The Kier molecular flexibility index (Phi) is 7.41. The van der Waals surface area contributed by atoms with E-state index in [1.165, 1.54) is 0 Å². The molecule has 0 bridgehead atoms. The van der Waals surface area contributed by atoms with Gasteiger partial charge >= 0.3 is 0 Å². The van der Waals surface area contributed by atoms with E-state index >= 15 is 0 Å².